The van der Waals surface area contributed by atoms with Crippen molar-refractivity contribution in [2.75, 3.05) is 19.9 Å². The molecule has 0 spiro atoms. The largest absolute Gasteiger partial charge is 0.454 e. The summed E-state index contributed by atoms with van der Waals surface area (Å²) in [6.45, 7) is 3.45. The maximum atomic E-state index is 13.1. The summed E-state index contributed by atoms with van der Waals surface area (Å²) in [7, 11) is 0. The third-order valence-electron chi connectivity index (χ3n) is 6.69. The predicted molar refractivity (Wildman–Crippen MR) is 134 cm³/mol. The standard InChI is InChI=1S/C27H26N4O6/c1-17-2-8-22(26(32)28-15-18-3-9-23-24(14-18)37-16-36-23)25(29-17)19-10-12-30(13-11-19)27(33)20-4-6-21(7-5-20)31(34)35/h2-9,14,19H,10-13,15-16H2,1H3,(H,28,32). The molecule has 10 heteroatoms. The summed E-state index contributed by atoms with van der Waals surface area (Å²) < 4.78 is 10.7. The van der Waals surface area contributed by atoms with Gasteiger partial charge in [0.15, 0.2) is 11.5 Å². The first-order valence-corrected chi connectivity index (χ1v) is 12.1. The molecule has 2 aromatic carbocycles. The molecule has 1 N–H and O–H groups in total. The van der Waals surface area contributed by atoms with Gasteiger partial charge in [0.05, 0.1) is 16.2 Å². The van der Waals surface area contributed by atoms with Gasteiger partial charge in [-0.3, -0.25) is 24.7 Å². The van der Waals surface area contributed by atoms with Crippen molar-refractivity contribution in [2.24, 2.45) is 0 Å². The molecule has 2 aliphatic rings. The highest BCUT2D eigenvalue weighted by atomic mass is 16.7. The molecular weight excluding hydrogens is 476 g/mol. The van der Waals surface area contributed by atoms with Crippen LogP contribution < -0.4 is 14.8 Å². The molecule has 0 unspecified atom stereocenters. The van der Waals surface area contributed by atoms with Crippen LogP contribution in [0.3, 0.4) is 0 Å². The average molecular weight is 503 g/mol. The number of amides is 2. The molecule has 3 heterocycles. The lowest BCUT2D eigenvalue weighted by Gasteiger charge is -2.32. The van der Waals surface area contributed by atoms with E-state index in [1.165, 1.54) is 24.3 Å². The van der Waals surface area contributed by atoms with Crippen molar-refractivity contribution in [1.82, 2.24) is 15.2 Å². The number of nitro benzene ring substituents is 1. The second-order valence-electron chi connectivity index (χ2n) is 9.13. The van der Waals surface area contributed by atoms with E-state index in [-0.39, 0.29) is 30.2 Å². The summed E-state index contributed by atoms with van der Waals surface area (Å²) in [6.07, 6.45) is 1.33. The second kappa shape index (κ2) is 10.3. The third-order valence-corrected chi connectivity index (χ3v) is 6.69. The zero-order valence-electron chi connectivity index (χ0n) is 20.3. The molecule has 1 fully saturated rings. The number of nitrogens with zero attached hydrogens (tertiary/aromatic N) is 3. The Balaban J connectivity index is 1.24. The molecule has 0 bridgehead atoms. The van der Waals surface area contributed by atoms with Gasteiger partial charge in [-0.25, -0.2) is 0 Å². The average Bonchev–Trinajstić information content (AvgIpc) is 3.39. The monoisotopic (exact) mass is 502 g/mol. The van der Waals surface area contributed by atoms with Crippen LogP contribution in [0.15, 0.2) is 54.6 Å². The molecule has 0 atom stereocenters. The molecule has 2 amide bonds. The highest BCUT2D eigenvalue weighted by Gasteiger charge is 2.28. The number of non-ortho nitro benzene ring substituents is 1. The number of fused-ring (bicyclic) bond motifs is 1. The van der Waals surface area contributed by atoms with Crippen molar-refractivity contribution < 1.29 is 24.0 Å². The summed E-state index contributed by atoms with van der Waals surface area (Å²) >= 11 is 0. The summed E-state index contributed by atoms with van der Waals surface area (Å²) in [5.74, 6) is 1.03. The number of carbonyl (C=O) groups excluding carboxylic acids is 2. The van der Waals surface area contributed by atoms with Crippen molar-refractivity contribution in [3.8, 4) is 11.5 Å². The Kier molecular flexibility index (Phi) is 6.72. The molecule has 37 heavy (non-hydrogen) atoms. The quantitative estimate of drug-likeness (QED) is 0.399. The van der Waals surface area contributed by atoms with E-state index in [1.54, 1.807) is 11.0 Å². The summed E-state index contributed by atoms with van der Waals surface area (Å²) in [4.78, 5) is 42.9. The van der Waals surface area contributed by atoms with Crippen molar-refractivity contribution in [1.29, 1.82) is 0 Å². The van der Waals surface area contributed by atoms with E-state index < -0.39 is 4.92 Å². The number of aromatic nitrogens is 1. The van der Waals surface area contributed by atoms with Crippen LogP contribution in [0.25, 0.3) is 0 Å². The number of hydrogen-bond donors (Lipinski definition) is 1. The molecule has 0 aliphatic carbocycles. The van der Waals surface area contributed by atoms with Crippen LogP contribution in [-0.4, -0.2) is 46.5 Å². The maximum Gasteiger partial charge on any atom is 0.269 e. The van der Waals surface area contributed by atoms with Gasteiger partial charge in [0.25, 0.3) is 17.5 Å². The van der Waals surface area contributed by atoms with Crippen molar-refractivity contribution in [3.05, 3.63) is 92.8 Å². The molecular formula is C27H26N4O6. The first-order chi connectivity index (χ1) is 17.9. The molecule has 190 valence electrons. The maximum absolute atomic E-state index is 13.1. The van der Waals surface area contributed by atoms with Crippen LogP contribution in [0, 0.1) is 17.0 Å². The molecule has 0 saturated carbocycles. The van der Waals surface area contributed by atoms with Gasteiger partial charge in [0, 0.05) is 48.9 Å². The van der Waals surface area contributed by atoms with E-state index in [9.17, 15) is 19.7 Å². The fraction of sp³-hybridized carbons (Fsp3) is 0.296. The number of piperidine rings is 1. The minimum Gasteiger partial charge on any atom is -0.454 e. The molecule has 3 aromatic rings. The Hall–Kier alpha value is -4.47. The van der Waals surface area contributed by atoms with Crippen molar-refractivity contribution in [3.63, 3.8) is 0 Å². The summed E-state index contributed by atoms with van der Waals surface area (Å²) in [5.41, 5.74) is 3.37. The smallest absolute Gasteiger partial charge is 0.269 e. The topological polar surface area (TPSA) is 124 Å². The van der Waals surface area contributed by atoms with E-state index in [1.807, 2.05) is 31.2 Å². The van der Waals surface area contributed by atoms with Gasteiger partial charge >= 0.3 is 0 Å². The van der Waals surface area contributed by atoms with Crippen LogP contribution >= 0.6 is 0 Å². The Morgan fingerprint density at radius 2 is 1.78 bits per heavy atom. The van der Waals surface area contributed by atoms with E-state index in [0.717, 1.165) is 17.0 Å². The minimum atomic E-state index is -0.489. The zero-order valence-corrected chi connectivity index (χ0v) is 20.3. The predicted octanol–water partition coefficient (Wildman–Crippen LogP) is 3.98. The van der Waals surface area contributed by atoms with Gasteiger partial charge in [-0.05, 0) is 61.7 Å². The Morgan fingerprint density at radius 1 is 1.05 bits per heavy atom. The molecule has 5 rings (SSSR count). The van der Waals surface area contributed by atoms with E-state index in [0.29, 0.717) is 55.1 Å². The summed E-state index contributed by atoms with van der Waals surface area (Å²) in [6, 6.07) is 14.8. The zero-order chi connectivity index (χ0) is 25.9. The number of carbonyl (C=O) groups is 2. The van der Waals surface area contributed by atoms with Gasteiger partial charge in [-0.1, -0.05) is 6.07 Å². The molecule has 10 nitrogen and oxygen atoms in total. The molecule has 2 aliphatic heterocycles. The number of nitrogens with one attached hydrogen (secondary N) is 1. The Bertz CT molecular complexity index is 1350. The first kappa shape index (κ1) is 24.2. The number of nitro groups is 1. The van der Waals surface area contributed by atoms with Crippen molar-refractivity contribution in [2.45, 2.75) is 32.2 Å². The number of pyridine rings is 1. The normalized spacial score (nSPS) is 14.9. The SMILES string of the molecule is Cc1ccc(C(=O)NCc2ccc3c(c2)OCO3)c(C2CCN(C(=O)c3ccc([N+](=O)[O-])cc3)CC2)n1. The lowest BCUT2D eigenvalue weighted by Crippen LogP contribution is -2.38. The molecule has 1 aromatic heterocycles. The number of benzene rings is 2. The van der Waals surface area contributed by atoms with E-state index in [2.05, 4.69) is 5.32 Å². The second-order valence-corrected chi connectivity index (χ2v) is 9.13. The Morgan fingerprint density at radius 3 is 2.51 bits per heavy atom. The van der Waals surface area contributed by atoms with Gasteiger partial charge in [0.1, 0.15) is 0 Å². The number of likely N-dealkylation sites (tertiary alicyclic amines) is 1. The number of rotatable bonds is 6. The third kappa shape index (κ3) is 5.23. The fourth-order valence-corrected chi connectivity index (χ4v) is 4.67. The van der Waals surface area contributed by atoms with Crippen LogP contribution in [0.5, 0.6) is 11.5 Å². The lowest BCUT2D eigenvalue weighted by molar-refractivity contribution is -0.384. The van der Waals surface area contributed by atoms with Gasteiger partial charge < -0.3 is 19.7 Å². The fourth-order valence-electron chi connectivity index (χ4n) is 4.67. The van der Waals surface area contributed by atoms with Crippen LogP contribution in [0.2, 0.25) is 0 Å². The molecule has 0 radical (unpaired) electrons. The van der Waals surface area contributed by atoms with Gasteiger partial charge in [-0.15, -0.1) is 0 Å². The van der Waals surface area contributed by atoms with E-state index >= 15 is 0 Å². The lowest BCUT2D eigenvalue weighted by atomic mass is 9.89. The highest BCUT2D eigenvalue weighted by Crippen LogP contribution is 2.33. The summed E-state index contributed by atoms with van der Waals surface area (Å²) in [5, 5.41) is 13.9. The number of hydrogen-bond acceptors (Lipinski definition) is 7. The van der Waals surface area contributed by atoms with Gasteiger partial charge in [0.2, 0.25) is 6.79 Å². The number of ether oxygens (including phenoxy) is 2. The Labute approximate surface area is 213 Å². The number of aryl methyl sites for hydroxylation is 1. The highest BCUT2D eigenvalue weighted by molar-refractivity contribution is 5.96. The van der Waals surface area contributed by atoms with Gasteiger partial charge in [-0.2, -0.15) is 0 Å². The van der Waals surface area contributed by atoms with E-state index in [4.69, 9.17) is 14.5 Å². The minimum absolute atomic E-state index is 0.0344. The first-order valence-electron chi connectivity index (χ1n) is 12.1. The van der Waals surface area contributed by atoms with Crippen LogP contribution in [0.1, 0.15) is 56.4 Å². The molecule has 1 saturated heterocycles. The van der Waals surface area contributed by atoms with Crippen LogP contribution in [0.4, 0.5) is 5.69 Å². The van der Waals surface area contributed by atoms with Crippen LogP contribution in [-0.2, 0) is 6.54 Å². The van der Waals surface area contributed by atoms with Crippen molar-refractivity contribution >= 4 is 17.5 Å².